The first-order valence-electron chi connectivity index (χ1n) is 11.0. The van der Waals surface area contributed by atoms with E-state index in [1.54, 1.807) is 6.08 Å². The predicted octanol–water partition coefficient (Wildman–Crippen LogP) is 3.29. The standard InChI is InChI=1S/C24H31N3O5/c1-4-19(5-2)31-22-12-17(24(29)30)11-20(23(22)26-15(3)28)25-14-18-13-21(32-27-18)16-9-7-6-8-10-16/h6-10,12-13,19-20,22-23,25H,4-5,11,14H2,1-3H3,(H,26,28)(H,29,30)/t20-,22+,23+/m0/s1. The van der Waals surface area contributed by atoms with E-state index in [0.717, 1.165) is 18.4 Å². The van der Waals surface area contributed by atoms with Gasteiger partial charge in [-0.25, -0.2) is 4.79 Å². The zero-order valence-corrected chi connectivity index (χ0v) is 18.7. The largest absolute Gasteiger partial charge is 0.478 e. The minimum atomic E-state index is -0.982. The third-order valence-corrected chi connectivity index (χ3v) is 5.66. The maximum atomic E-state index is 11.9. The highest BCUT2D eigenvalue weighted by atomic mass is 16.5. The molecule has 0 saturated heterocycles. The quantitative estimate of drug-likeness (QED) is 0.518. The molecule has 0 spiro atoms. The molecular formula is C24H31N3O5. The van der Waals surface area contributed by atoms with E-state index in [1.807, 2.05) is 50.2 Å². The molecule has 0 radical (unpaired) electrons. The van der Waals surface area contributed by atoms with Crippen LogP contribution in [0.2, 0.25) is 0 Å². The van der Waals surface area contributed by atoms with E-state index < -0.39 is 18.1 Å². The summed E-state index contributed by atoms with van der Waals surface area (Å²) in [6, 6.07) is 10.8. The van der Waals surface area contributed by atoms with Gasteiger partial charge in [-0.15, -0.1) is 0 Å². The van der Waals surface area contributed by atoms with Gasteiger partial charge in [0.25, 0.3) is 0 Å². The Morgan fingerprint density at radius 2 is 1.97 bits per heavy atom. The van der Waals surface area contributed by atoms with Gasteiger partial charge in [0.05, 0.1) is 23.9 Å². The van der Waals surface area contributed by atoms with Gasteiger partial charge in [0.15, 0.2) is 5.76 Å². The first-order valence-corrected chi connectivity index (χ1v) is 11.0. The highest BCUT2D eigenvalue weighted by Crippen LogP contribution is 2.25. The van der Waals surface area contributed by atoms with Crippen molar-refractivity contribution in [2.75, 3.05) is 0 Å². The summed E-state index contributed by atoms with van der Waals surface area (Å²) in [5.41, 5.74) is 1.88. The number of nitrogens with one attached hydrogen (secondary N) is 2. The number of hydrogen-bond acceptors (Lipinski definition) is 6. The number of rotatable bonds is 10. The van der Waals surface area contributed by atoms with Gasteiger partial charge in [0.1, 0.15) is 0 Å². The van der Waals surface area contributed by atoms with Crippen LogP contribution in [0.1, 0.15) is 45.7 Å². The molecule has 3 rings (SSSR count). The first kappa shape index (κ1) is 23.7. The number of aliphatic carboxylic acids is 1. The predicted molar refractivity (Wildman–Crippen MR) is 120 cm³/mol. The Labute approximate surface area is 188 Å². The molecule has 1 amide bonds. The second kappa shape index (κ2) is 11.1. The number of nitrogens with zero attached hydrogens (tertiary/aromatic N) is 1. The number of ether oxygens (including phenoxy) is 1. The Balaban J connectivity index is 1.78. The molecule has 1 aliphatic rings. The third-order valence-electron chi connectivity index (χ3n) is 5.66. The van der Waals surface area contributed by atoms with Crippen molar-refractivity contribution in [1.29, 1.82) is 0 Å². The van der Waals surface area contributed by atoms with Crippen molar-refractivity contribution in [1.82, 2.24) is 15.8 Å². The summed E-state index contributed by atoms with van der Waals surface area (Å²) in [5.74, 6) is -0.519. The van der Waals surface area contributed by atoms with Crippen molar-refractivity contribution in [3.05, 3.63) is 53.7 Å². The van der Waals surface area contributed by atoms with Crippen LogP contribution >= 0.6 is 0 Å². The number of carboxylic acids is 1. The molecule has 0 fully saturated rings. The molecule has 0 saturated carbocycles. The minimum Gasteiger partial charge on any atom is -0.478 e. The molecular weight excluding hydrogens is 410 g/mol. The van der Waals surface area contributed by atoms with Gasteiger partial charge in [-0.1, -0.05) is 49.3 Å². The van der Waals surface area contributed by atoms with Crippen molar-refractivity contribution in [3.63, 3.8) is 0 Å². The van der Waals surface area contributed by atoms with Crippen molar-refractivity contribution < 1.29 is 24.0 Å². The summed E-state index contributed by atoms with van der Waals surface area (Å²) >= 11 is 0. The van der Waals surface area contributed by atoms with Crippen LogP contribution in [0.25, 0.3) is 11.3 Å². The summed E-state index contributed by atoms with van der Waals surface area (Å²) in [5, 5.41) is 20.1. The normalized spacial score (nSPS) is 20.8. The van der Waals surface area contributed by atoms with Gasteiger partial charge in [0, 0.05) is 36.7 Å². The average molecular weight is 442 g/mol. The molecule has 8 nitrogen and oxygen atoms in total. The van der Waals surface area contributed by atoms with Crippen LogP contribution in [-0.4, -0.2) is 46.4 Å². The zero-order valence-electron chi connectivity index (χ0n) is 18.7. The fourth-order valence-corrected chi connectivity index (χ4v) is 3.93. The van der Waals surface area contributed by atoms with Crippen molar-refractivity contribution >= 4 is 11.9 Å². The molecule has 2 aromatic rings. The van der Waals surface area contributed by atoms with Gasteiger partial charge in [-0.2, -0.15) is 0 Å². The van der Waals surface area contributed by atoms with Crippen LogP contribution in [-0.2, 0) is 20.9 Å². The number of carboxylic acid groups (broad SMARTS) is 1. The molecule has 1 aromatic heterocycles. The molecule has 172 valence electrons. The van der Waals surface area contributed by atoms with Crippen molar-refractivity contribution in [2.24, 2.45) is 0 Å². The Morgan fingerprint density at radius 3 is 2.59 bits per heavy atom. The smallest absolute Gasteiger partial charge is 0.331 e. The Kier molecular flexibility index (Phi) is 8.19. The zero-order chi connectivity index (χ0) is 23.1. The van der Waals surface area contributed by atoms with Crippen LogP contribution < -0.4 is 10.6 Å². The van der Waals surface area contributed by atoms with E-state index in [9.17, 15) is 14.7 Å². The summed E-state index contributed by atoms with van der Waals surface area (Å²) in [6.07, 6.45) is 2.92. The lowest BCUT2D eigenvalue weighted by Gasteiger charge is -2.38. The number of aromatic nitrogens is 1. The van der Waals surface area contributed by atoms with E-state index in [-0.39, 0.29) is 30.0 Å². The maximum Gasteiger partial charge on any atom is 0.331 e. The van der Waals surface area contributed by atoms with E-state index in [4.69, 9.17) is 9.26 Å². The van der Waals surface area contributed by atoms with E-state index in [0.29, 0.717) is 18.0 Å². The third kappa shape index (κ3) is 6.05. The van der Waals surface area contributed by atoms with Crippen molar-refractivity contribution in [2.45, 2.75) is 70.9 Å². The number of carbonyl (C=O) groups excluding carboxylic acids is 1. The molecule has 1 aliphatic carbocycles. The fourth-order valence-electron chi connectivity index (χ4n) is 3.93. The lowest BCUT2D eigenvalue weighted by Crippen LogP contribution is -2.58. The van der Waals surface area contributed by atoms with Gasteiger partial charge < -0.3 is 25.0 Å². The lowest BCUT2D eigenvalue weighted by atomic mass is 9.87. The monoisotopic (exact) mass is 441 g/mol. The molecule has 1 heterocycles. The number of hydrogen-bond donors (Lipinski definition) is 3. The minimum absolute atomic E-state index is 0.0229. The molecule has 3 N–H and O–H groups in total. The van der Waals surface area contributed by atoms with Crippen LogP contribution in [0.3, 0.4) is 0 Å². The topological polar surface area (TPSA) is 114 Å². The Bertz CT molecular complexity index is 936. The van der Waals surface area contributed by atoms with Crippen LogP contribution in [0.5, 0.6) is 0 Å². The molecule has 3 atom stereocenters. The van der Waals surface area contributed by atoms with E-state index >= 15 is 0 Å². The van der Waals surface area contributed by atoms with Crippen LogP contribution in [0.15, 0.2) is 52.6 Å². The van der Waals surface area contributed by atoms with Gasteiger partial charge in [0.2, 0.25) is 5.91 Å². The number of benzene rings is 1. The fraction of sp³-hybridized carbons (Fsp3) is 0.458. The maximum absolute atomic E-state index is 11.9. The molecule has 0 unspecified atom stereocenters. The molecule has 32 heavy (non-hydrogen) atoms. The molecule has 0 bridgehead atoms. The van der Waals surface area contributed by atoms with Gasteiger partial charge >= 0.3 is 5.97 Å². The second-order valence-corrected chi connectivity index (χ2v) is 8.00. The number of carbonyl (C=O) groups is 2. The average Bonchev–Trinajstić information content (AvgIpc) is 3.26. The van der Waals surface area contributed by atoms with Crippen molar-refractivity contribution in [3.8, 4) is 11.3 Å². The molecule has 1 aromatic carbocycles. The SMILES string of the molecule is CCC(CC)O[C@@H]1C=C(C(=O)O)C[C@H](NCc2cc(-c3ccccc3)on2)[C@H]1NC(C)=O. The summed E-state index contributed by atoms with van der Waals surface area (Å²) in [7, 11) is 0. The Hall–Kier alpha value is -2.97. The van der Waals surface area contributed by atoms with E-state index in [2.05, 4.69) is 15.8 Å². The summed E-state index contributed by atoms with van der Waals surface area (Å²) < 4.78 is 11.7. The summed E-state index contributed by atoms with van der Waals surface area (Å²) in [4.78, 5) is 23.7. The lowest BCUT2D eigenvalue weighted by molar-refractivity contribution is -0.133. The van der Waals surface area contributed by atoms with Gasteiger partial charge in [-0.05, 0) is 25.3 Å². The molecule has 0 aliphatic heterocycles. The Morgan fingerprint density at radius 1 is 1.25 bits per heavy atom. The highest BCUT2D eigenvalue weighted by molar-refractivity contribution is 5.87. The van der Waals surface area contributed by atoms with Gasteiger partial charge in [-0.3, -0.25) is 4.79 Å². The van der Waals surface area contributed by atoms with Crippen LogP contribution in [0.4, 0.5) is 0 Å². The van der Waals surface area contributed by atoms with E-state index in [1.165, 1.54) is 6.92 Å². The first-order chi connectivity index (χ1) is 15.4. The number of amides is 1. The highest BCUT2D eigenvalue weighted by Gasteiger charge is 2.37. The second-order valence-electron chi connectivity index (χ2n) is 8.00. The van der Waals surface area contributed by atoms with Crippen LogP contribution in [0, 0.1) is 0 Å². The molecule has 8 heteroatoms. The summed E-state index contributed by atoms with van der Waals surface area (Å²) in [6.45, 7) is 5.86.